The van der Waals surface area contributed by atoms with Gasteiger partial charge in [-0.1, -0.05) is 18.2 Å². The molecule has 22 heavy (non-hydrogen) atoms. The van der Waals surface area contributed by atoms with Crippen LogP contribution >= 0.6 is 15.9 Å². The van der Waals surface area contributed by atoms with Crippen LogP contribution in [0.5, 0.6) is 11.5 Å². The number of halogens is 2. The molecule has 0 aliphatic heterocycles. The number of methoxy groups -OCH3 is 2. The van der Waals surface area contributed by atoms with Crippen molar-refractivity contribution in [1.29, 1.82) is 0 Å². The standard InChI is InChI=1S/C16H14BrFO4/c1-20-13-7-11(8-14(21-2)15(13)17)16(19)22-9-10-5-3-4-6-12(10)18/h3-8H,9H2,1-2H3. The van der Waals surface area contributed by atoms with Gasteiger partial charge in [-0.15, -0.1) is 0 Å². The number of hydrogen-bond acceptors (Lipinski definition) is 4. The molecule has 2 aromatic carbocycles. The molecule has 0 fully saturated rings. The SMILES string of the molecule is COc1cc(C(=O)OCc2ccccc2F)cc(OC)c1Br. The summed E-state index contributed by atoms with van der Waals surface area (Å²) in [6, 6.07) is 9.18. The van der Waals surface area contributed by atoms with Crippen molar-refractivity contribution in [1.82, 2.24) is 0 Å². The molecule has 0 spiro atoms. The Morgan fingerprint density at radius 1 is 1.14 bits per heavy atom. The highest BCUT2D eigenvalue weighted by molar-refractivity contribution is 9.10. The highest BCUT2D eigenvalue weighted by atomic mass is 79.9. The molecule has 0 aliphatic rings. The number of ether oxygens (including phenoxy) is 3. The predicted octanol–water partition coefficient (Wildman–Crippen LogP) is 3.96. The molecule has 0 amide bonds. The van der Waals surface area contributed by atoms with Gasteiger partial charge in [-0.3, -0.25) is 0 Å². The van der Waals surface area contributed by atoms with Crippen LogP contribution in [0.4, 0.5) is 4.39 Å². The first-order chi connectivity index (χ1) is 10.6. The Morgan fingerprint density at radius 3 is 2.27 bits per heavy atom. The Hall–Kier alpha value is -2.08. The monoisotopic (exact) mass is 368 g/mol. The molecule has 0 saturated carbocycles. The van der Waals surface area contributed by atoms with Crippen molar-refractivity contribution in [2.45, 2.75) is 6.61 Å². The zero-order valence-electron chi connectivity index (χ0n) is 12.1. The van der Waals surface area contributed by atoms with Gasteiger partial charge in [0.25, 0.3) is 0 Å². The van der Waals surface area contributed by atoms with Gasteiger partial charge < -0.3 is 14.2 Å². The van der Waals surface area contributed by atoms with Crippen LogP contribution in [0.3, 0.4) is 0 Å². The summed E-state index contributed by atoms with van der Waals surface area (Å²) in [4.78, 5) is 12.1. The summed E-state index contributed by atoms with van der Waals surface area (Å²) in [6.45, 7) is -0.147. The number of carbonyl (C=O) groups is 1. The van der Waals surface area contributed by atoms with Crippen LogP contribution in [0.1, 0.15) is 15.9 Å². The molecule has 0 N–H and O–H groups in total. The Bertz CT molecular complexity index is 663. The van der Waals surface area contributed by atoms with E-state index < -0.39 is 11.8 Å². The summed E-state index contributed by atoms with van der Waals surface area (Å²) in [7, 11) is 2.96. The summed E-state index contributed by atoms with van der Waals surface area (Å²) < 4.78 is 29.6. The third kappa shape index (κ3) is 3.57. The maximum absolute atomic E-state index is 13.5. The normalized spacial score (nSPS) is 10.2. The van der Waals surface area contributed by atoms with Crippen LogP contribution in [0.25, 0.3) is 0 Å². The summed E-state index contributed by atoms with van der Waals surface area (Å²) in [5, 5.41) is 0. The van der Waals surface area contributed by atoms with E-state index in [2.05, 4.69) is 15.9 Å². The van der Waals surface area contributed by atoms with E-state index in [0.717, 1.165) is 0 Å². The van der Waals surface area contributed by atoms with Crippen molar-refractivity contribution in [2.75, 3.05) is 14.2 Å². The van der Waals surface area contributed by atoms with Crippen LogP contribution in [0.15, 0.2) is 40.9 Å². The van der Waals surface area contributed by atoms with Crippen LogP contribution < -0.4 is 9.47 Å². The number of hydrogen-bond donors (Lipinski definition) is 0. The van der Waals surface area contributed by atoms with Gasteiger partial charge in [0.05, 0.1) is 19.8 Å². The molecule has 116 valence electrons. The molecule has 2 aromatic rings. The molecule has 0 unspecified atom stereocenters. The van der Waals surface area contributed by atoms with E-state index in [1.807, 2.05) is 0 Å². The van der Waals surface area contributed by atoms with E-state index in [-0.39, 0.29) is 12.2 Å². The third-order valence-electron chi connectivity index (χ3n) is 3.00. The van der Waals surface area contributed by atoms with E-state index in [1.54, 1.807) is 18.2 Å². The molecule has 0 heterocycles. The van der Waals surface area contributed by atoms with Gasteiger partial charge in [-0.05, 0) is 34.1 Å². The lowest BCUT2D eigenvalue weighted by molar-refractivity contribution is 0.0468. The van der Waals surface area contributed by atoms with Gasteiger partial charge in [-0.25, -0.2) is 9.18 Å². The van der Waals surface area contributed by atoms with Crippen molar-refractivity contribution in [3.63, 3.8) is 0 Å². The Kier molecular flexibility index (Phi) is 5.38. The zero-order chi connectivity index (χ0) is 16.1. The van der Waals surface area contributed by atoms with Gasteiger partial charge >= 0.3 is 5.97 Å². The van der Waals surface area contributed by atoms with Crippen molar-refractivity contribution in [2.24, 2.45) is 0 Å². The molecule has 2 rings (SSSR count). The minimum atomic E-state index is -0.590. The van der Waals surface area contributed by atoms with Gasteiger partial charge in [0.2, 0.25) is 0 Å². The number of carbonyl (C=O) groups excluding carboxylic acids is 1. The lowest BCUT2D eigenvalue weighted by Gasteiger charge is -2.11. The van der Waals surface area contributed by atoms with Crippen molar-refractivity contribution >= 4 is 21.9 Å². The average molecular weight is 369 g/mol. The Labute approximate surface area is 135 Å². The maximum Gasteiger partial charge on any atom is 0.338 e. The first kappa shape index (κ1) is 16.3. The largest absolute Gasteiger partial charge is 0.495 e. The van der Waals surface area contributed by atoms with Crippen LogP contribution in [0.2, 0.25) is 0 Å². The molecule has 0 aromatic heterocycles. The fraction of sp³-hybridized carbons (Fsp3) is 0.188. The molecular weight excluding hydrogens is 355 g/mol. The molecular formula is C16H14BrFO4. The lowest BCUT2D eigenvalue weighted by Crippen LogP contribution is -2.07. The smallest absolute Gasteiger partial charge is 0.338 e. The van der Waals surface area contributed by atoms with Gasteiger partial charge in [0, 0.05) is 5.56 Å². The molecule has 0 saturated heterocycles. The summed E-state index contributed by atoms with van der Waals surface area (Å²) in [5.74, 6) is -0.122. The van der Waals surface area contributed by atoms with Crippen LogP contribution in [-0.2, 0) is 11.3 Å². The highest BCUT2D eigenvalue weighted by Gasteiger charge is 2.16. The second kappa shape index (κ2) is 7.26. The van der Waals surface area contributed by atoms with Crippen LogP contribution in [0, 0.1) is 5.82 Å². The topological polar surface area (TPSA) is 44.8 Å². The molecule has 0 bridgehead atoms. The van der Waals surface area contributed by atoms with Gasteiger partial charge in [-0.2, -0.15) is 0 Å². The zero-order valence-corrected chi connectivity index (χ0v) is 13.6. The van der Waals surface area contributed by atoms with E-state index in [4.69, 9.17) is 14.2 Å². The minimum absolute atomic E-state index is 0.147. The Morgan fingerprint density at radius 2 is 1.73 bits per heavy atom. The predicted molar refractivity (Wildman–Crippen MR) is 82.8 cm³/mol. The summed E-state index contributed by atoms with van der Waals surface area (Å²) in [6.07, 6.45) is 0. The van der Waals surface area contributed by atoms with Gasteiger partial charge in [0.15, 0.2) is 0 Å². The first-order valence-electron chi connectivity index (χ1n) is 6.39. The highest BCUT2D eigenvalue weighted by Crippen LogP contribution is 2.35. The van der Waals surface area contributed by atoms with Crippen molar-refractivity contribution in [3.05, 3.63) is 57.8 Å². The quantitative estimate of drug-likeness (QED) is 0.749. The van der Waals surface area contributed by atoms with Gasteiger partial charge in [0.1, 0.15) is 28.4 Å². The molecule has 6 heteroatoms. The number of esters is 1. The summed E-state index contributed by atoms with van der Waals surface area (Å²) >= 11 is 3.32. The average Bonchev–Trinajstić information content (AvgIpc) is 2.54. The summed E-state index contributed by atoms with van der Waals surface area (Å²) in [5.41, 5.74) is 0.570. The van der Waals surface area contributed by atoms with Crippen molar-refractivity contribution < 1.29 is 23.4 Å². The van der Waals surface area contributed by atoms with E-state index in [9.17, 15) is 9.18 Å². The fourth-order valence-electron chi connectivity index (χ4n) is 1.83. The minimum Gasteiger partial charge on any atom is -0.495 e. The van der Waals surface area contributed by atoms with E-state index >= 15 is 0 Å². The number of rotatable bonds is 5. The Balaban J connectivity index is 2.18. The van der Waals surface area contributed by atoms with E-state index in [1.165, 1.54) is 32.4 Å². The maximum atomic E-state index is 13.5. The third-order valence-corrected chi connectivity index (χ3v) is 3.78. The molecule has 0 aliphatic carbocycles. The van der Waals surface area contributed by atoms with E-state index in [0.29, 0.717) is 21.5 Å². The molecule has 4 nitrogen and oxygen atoms in total. The second-order valence-corrected chi connectivity index (χ2v) is 5.16. The second-order valence-electron chi connectivity index (χ2n) is 4.36. The molecule has 0 radical (unpaired) electrons. The number of benzene rings is 2. The molecule has 0 atom stereocenters. The van der Waals surface area contributed by atoms with Crippen molar-refractivity contribution in [3.8, 4) is 11.5 Å². The fourth-order valence-corrected chi connectivity index (χ4v) is 2.38. The first-order valence-corrected chi connectivity index (χ1v) is 7.18. The lowest BCUT2D eigenvalue weighted by atomic mass is 10.2. The van der Waals surface area contributed by atoms with Crippen LogP contribution in [-0.4, -0.2) is 20.2 Å².